The van der Waals surface area contributed by atoms with Crippen LogP contribution in [0, 0.1) is 103 Å². The third-order valence-corrected chi connectivity index (χ3v) is 12.8. The van der Waals surface area contributed by atoms with Gasteiger partial charge in [0.2, 0.25) is 0 Å². The first-order chi connectivity index (χ1) is 13.7. The van der Waals surface area contributed by atoms with Gasteiger partial charge in [0.1, 0.15) is 0 Å². The Kier molecular flexibility index (Phi) is 14.8. The van der Waals surface area contributed by atoms with E-state index in [1.165, 1.54) is 0 Å². The minimum absolute atomic E-state index is 0.295. The van der Waals surface area contributed by atoms with E-state index >= 15 is 0 Å². The predicted octanol–water partition coefficient (Wildman–Crippen LogP) is 9.61. The van der Waals surface area contributed by atoms with Crippen LogP contribution in [0.3, 0.4) is 0 Å². The van der Waals surface area contributed by atoms with Crippen molar-refractivity contribution in [1.82, 2.24) is 0 Å². The van der Waals surface area contributed by atoms with E-state index < -0.39 is 0 Å². The van der Waals surface area contributed by atoms with Crippen LogP contribution in [0.15, 0.2) is 72.9 Å². The summed E-state index contributed by atoms with van der Waals surface area (Å²) in [6.45, 7) is 21.0. The van der Waals surface area contributed by atoms with Crippen LogP contribution in [-0.2, 0) is 0 Å². The molecule has 0 nitrogen and oxygen atoms in total. The normalized spacial score (nSPS) is 19.1. The summed E-state index contributed by atoms with van der Waals surface area (Å²) < 4.78 is 4.14. The third-order valence-electron chi connectivity index (χ3n) is 3.17. The van der Waals surface area contributed by atoms with Gasteiger partial charge in [0.05, 0.1) is 0 Å². The second-order valence-corrected chi connectivity index (χ2v) is 24.7. The molecule has 30 heavy (non-hydrogen) atoms. The van der Waals surface area contributed by atoms with Crippen molar-refractivity contribution in [2.45, 2.75) is 72.5 Å². The molecule has 0 aromatic rings. The van der Waals surface area contributed by atoms with Gasteiger partial charge in [-0.25, -0.2) is 0 Å². The Morgan fingerprint density at radius 3 is 0.667 bits per heavy atom. The molecule has 0 atom stereocenters. The minimum atomic E-state index is 0.295. The summed E-state index contributed by atoms with van der Waals surface area (Å²) in [5.41, 5.74) is 0. The van der Waals surface area contributed by atoms with Crippen molar-refractivity contribution in [2.24, 2.45) is 0 Å². The van der Waals surface area contributed by atoms with Gasteiger partial charge in [0.15, 0.2) is 0 Å². The van der Waals surface area contributed by atoms with Gasteiger partial charge < -0.3 is 0 Å². The average molecular weight is 854 g/mol. The van der Waals surface area contributed by atoms with E-state index in [0.29, 0.717) is 107 Å². The van der Waals surface area contributed by atoms with Crippen molar-refractivity contribution in [2.75, 3.05) is 0 Å². The summed E-state index contributed by atoms with van der Waals surface area (Å²) >= 11 is 0.884. The van der Waals surface area contributed by atoms with Gasteiger partial charge in [0.25, 0.3) is 0 Å². The number of allylic oxidation sites excluding steroid dienone is 12. The molecule has 0 spiro atoms. The van der Waals surface area contributed by atoms with Gasteiger partial charge >= 0.3 is 248 Å². The van der Waals surface area contributed by atoms with Crippen molar-refractivity contribution in [3.8, 4) is 0 Å². The fourth-order valence-electron chi connectivity index (χ4n) is 2.30. The van der Waals surface area contributed by atoms with Gasteiger partial charge in [-0.15, -0.1) is 0 Å². The summed E-state index contributed by atoms with van der Waals surface area (Å²) in [6, 6.07) is 0. The zero-order valence-corrected chi connectivity index (χ0v) is 26.2. The molecule has 0 heterocycles. The van der Waals surface area contributed by atoms with Crippen molar-refractivity contribution >= 4 is 0 Å². The first-order valence-corrected chi connectivity index (χ1v) is 17.1. The zero-order chi connectivity index (χ0) is 22.8. The molecule has 0 amide bonds. The molecule has 0 aliphatic heterocycles. The number of rotatable bonds is 3. The number of hydrogen-bond donors (Lipinski definition) is 0. The standard InChI is InChI=1S/3C5H5.3C4H9.3Dy/c3*1-2-4-5-3-1;3*1-4(2)3;;;/h3*1-5H;3*1-3H3;;;. The van der Waals surface area contributed by atoms with E-state index in [4.69, 9.17) is 0 Å². The van der Waals surface area contributed by atoms with Gasteiger partial charge in [-0.2, -0.15) is 0 Å². The predicted molar refractivity (Wildman–Crippen MR) is 125 cm³/mol. The Labute approximate surface area is 243 Å². The topological polar surface area (TPSA) is 0 Å². The van der Waals surface area contributed by atoms with Crippen molar-refractivity contribution in [3.63, 3.8) is 0 Å². The first kappa shape index (κ1) is 30.3. The Hall–Kier alpha value is 2.26. The quantitative estimate of drug-likeness (QED) is 0.266. The van der Waals surface area contributed by atoms with Gasteiger partial charge in [-0.3, -0.25) is 0 Å². The van der Waals surface area contributed by atoms with E-state index in [9.17, 15) is 0 Å². The van der Waals surface area contributed by atoms with Crippen LogP contribution in [-0.4, -0.2) is 0 Å². The summed E-state index contributed by atoms with van der Waals surface area (Å²) in [4.78, 5) is 0. The molecule has 0 aromatic heterocycles. The summed E-state index contributed by atoms with van der Waals surface area (Å²) in [6.07, 6.45) is 26.9. The Morgan fingerprint density at radius 1 is 0.367 bits per heavy atom. The molecule has 0 N–H and O–H groups in total. The molecule has 0 fully saturated rings. The molecular formula is C27H42Dy3. The molecule has 180 valence electrons. The first-order valence-electron chi connectivity index (χ1n) is 10.5. The van der Waals surface area contributed by atoms with Gasteiger partial charge in [0, 0.05) is 0 Å². The monoisotopic (exact) mass is 858 g/mol. The SMILES string of the molecule is C[C](C)(C)[Dy][CH]1C=CC=C1.C[C](C)(C)[Dy][CH]1C=CC=C1.C[C](C)(C)[Dy][CH]1C=CC=C1. The van der Waals surface area contributed by atoms with Crippen LogP contribution in [0.25, 0.3) is 0 Å². The van der Waals surface area contributed by atoms with Crippen molar-refractivity contribution in [3.05, 3.63) is 72.9 Å². The molecule has 0 saturated heterocycles. The molecular weight excluding hydrogens is 812 g/mol. The van der Waals surface area contributed by atoms with Crippen LogP contribution in [0.4, 0.5) is 0 Å². The second-order valence-electron chi connectivity index (χ2n) is 9.72. The zero-order valence-electron chi connectivity index (χ0n) is 20.1. The molecule has 0 unspecified atom stereocenters. The molecule has 0 saturated carbocycles. The Morgan fingerprint density at radius 2 is 0.533 bits per heavy atom. The number of hydrogen-bond acceptors (Lipinski definition) is 0. The Bertz CT molecular complexity index is 539. The third kappa shape index (κ3) is 17.7. The molecule has 0 radical (unpaired) electrons. The van der Waals surface area contributed by atoms with Crippen molar-refractivity contribution in [1.29, 1.82) is 0 Å². The van der Waals surface area contributed by atoms with Crippen LogP contribution in [0.1, 0.15) is 62.3 Å². The molecule has 0 aromatic carbocycles. The fraction of sp³-hybridized carbons (Fsp3) is 0.556. The molecule has 3 aliphatic rings. The van der Waals surface area contributed by atoms with E-state index in [-0.39, 0.29) is 0 Å². The van der Waals surface area contributed by atoms with Gasteiger partial charge in [-0.1, -0.05) is 0 Å². The second kappa shape index (κ2) is 14.6. The summed E-state index contributed by atoms with van der Waals surface area (Å²) in [7, 11) is 0. The van der Waals surface area contributed by atoms with Crippen LogP contribution in [0.2, 0.25) is 10.2 Å². The van der Waals surface area contributed by atoms with Crippen LogP contribution in [0.5, 0.6) is 0 Å². The van der Waals surface area contributed by atoms with E-state index in [0.717, 1.165) is 5.86 Å². The molecule has 3 rings (SSSR count). The summed E-state index contributed by atoms with van der Waals surface area (Å²) in [5.74, 6) is 0. The van der Waals surface area contributed by atoms with Crippen molar-refractivity contribution < 1.29 is 103 Å². The van der Waals surface area contributed by atoms with E-state index in [2.05, 4.69) is 135 Å². The Balaban J connectivity index is 0.000000225. The van der Waals surface area contributed by atoms with Crippen LogP contribution >= 0.6 is 0 Å². The average Bonchev–Trinajstić information content (AvgIpc) is 3.27. The molecule has 3 aliphatic carbocycles. The van der Waals surface area contributed by atoms with E-state index in [1.807, 2.05) is 0 Å². The maximum atomic E-state index is 2.33. The fourth-order valence-corrected chi connectivity index (χ4v) is 10.9. The molecule has 3 heteroatoms. The maximum absolute atomic E-state index is 2.33. The molecule has 0 bridgehead atoms. The van der Waals surface area contributed by atoms with Crippen LogP contribution < -0.4 is 0 Å². The van der Waals surface area contributed by atoms with E-state index in [1.54, 1.807) is 0 Å². The summed E-state index contributed by atoms with van der Waals surface area (Å²) in [5, 5.41) is 0. The van der Waals surface area contributed by atoms with Gasteiger partial charge in [-0.05, 0) is 0 Å².